The number of nitrogens with one attached hydrogen (secondary N) is 1. The fourth-order valence-electron chi connectivity index (χ4n) is 2.47. The van der Waals surface area contributed by atoms with Crippen LogP contribution in [-0.4, -0.2) is 46.7 Å². The Balaban J connectivity index is 2.25. The van der Waals surface area contributed by atoms with Crippen LogP contribution < -0.4 is 14.8 Å². The zero-order valence-corrected chi connectivity index (χ0v) is 13.1. The molecule has 1 fully saturated rings. The number of methoxy groups -OCH3 is 2. The summed E-state index contributed by atoms with van der Waals surface area (Å²) in [6.45, 7) is 4.97. The van der Waals surface area contributed by atoms with Gasteiger partial charge >= 0.3 is 0 Å². The third kappa shape index (κ3) is 4.33. The van der Waals surface area contributed by atoms with E-state index in [0.29, 0.717) is 19.8 Å². The third-order valence-electron chi connectivity index (χ3n) is 3.56. The second kappa shape index (κ2) is 8.22. The Hall–Kier alpha value is -1.30. The van der Waals surface area contributed by atoms with E-state index in [1.807, 2.05) is 18.2 Å². The molecule has 0 amide bonds. The molecule has 0 spiro atoms. The topological polar surface area (TPSA) is 49.0 Å². The molecule has 2 atom stereocenters. The van der Waals surface area contributed by atoms with Crippen molar-refractivity contribution in [2.24, 2.45) is 0 Å². The van der Waals surface area contributed by atoms with Crippen molar-refractivity contribution in [1.82, 2.24) is 5.32 Å². The zero-order chi connectivity index (χ0) is 15.1. The van der Waals surface area contributed by atoms with Gasteiger partial charge in [-0.1, -0.05) is 6.92 Å². The highest BCUT2D eigenvalue weighted by molar-refractivity contribution is 5.40. The van der Waals surface area contributed by atoms with Crippen LogP contribution in [0.4, 0.5) is 0 Å². The van der Waals surface area contributed by atoms with Crippen LogP contribution in [0.15, 0.2) is 18.2 Å². The summed E-state index contributed by atoms with van der Waals surface area (Å²) >= 11 is 0. The van der Waals surface area contributed by atoms with Gasteiger partial charge in [-0.15, -0.1) is 0 Å². The van der Waals surface area contributed by atoms with E-state index in [9.17, 15) is 0 Å². The van der Waals surface area contributed by atoms with Crippen molar-refractivity contribution in [3.8, 4) is 11.5 Å². The van der Waals surface area contributed by atoms with Crippen LogP contribution in [0, 0.1) is 0 Å². The molecular formula is C16H25NO4. The maximum atomic E-state index is 5.87. The van der Waals surface area contributed by atoms with E-state index >= 15 is 0 Å². The summed E-state index contributed by atoms with van der Waals surface area (Å²) in [5.74, 6) is 1.56. The monoisotopic (exact) mass is 295 g/mol. The van der Waals surface area contributed by atoms with Gasteiger partial charge in [0.05, 0.1) is 40.1 Å². The minimum absolute atomic E-state index is 0.00196. The van der Waals surface area contributed by atoms with Gasteiger partial charge < -0.3 is 24.3 Å². The molecule has 2 unspecified atom stereocenters. The van der Waals surface area contributed by atoms with Crippen LogP contribution in [0.25, 0.3) is 0 Å². The molecule has 118 valence electrons. The van der Waals surface area contributed by atoms with E-state index in [4.69, 9.17) is 18.9 Å². The van der Waals surface area contributed by atoms with Crippen molar-refractivity contribution >= 4 is 0 Å². The summed E-state index contributed by atoms with van der Waals surface area (Å²) in [6.07, 6.45) is 1.06. The van der Waals surface area contributed by atoms with Gasteiger partial charge in [0.25, 0.3) is 0 Å². The van der Waals surface area contributed by atoms with Crippen LogP contribution in [0.1, 0.15) is 24.9 Å². The molecule has 1 heterocycles. The highest BCUT2D eigenvalue weighted by atomic mass is 16.6. The van der Waals surface area contributed by atoms with Gasteiger partial charge in [0.1, 0.15) is 17.6 Å². The standard InChI is InChI=1S/C16H25NO4/c1-4-5-17-16(15-11-20-6-7-21-15)12-8-13(18-2)10-14(9-12)19-3/h8-10,15-17H,4-7,11H2,1-3H3. The van der Waals surface area contributed by atoms with Gasteiger partial charge in [0.15, 0.2) is 0 Å². The fraction of sp³-hybridized carbons (Fsp3) is 0.625. The molecule has 21 heavy (non-hydrogen) atoms. The first-order valence-corrected chi connectivity index (χ1v) is 7.44. The molecule has 0 aromatic heterocycles. The summed E-state index contributed by atoms with van der Waals surface area (Å²) in [5.41, 5.74) is 1.09. The molecule has 1 aromatic rings. The summed E-state index contributed by atoms with van der Waals surface area (Å²) < 4.78 is 22.1. The minimum atomic E-state index is 0.00196. The van der Waals surface area contributed by atoms with Crippen molar-refractivity contribution in [1.29, 1.82) is 0 Å². The van der Waals surface area contributed by atoms with Gasteiger partial charge in [-0.25, -0.2) is 0 Å². The third-order valence-corrected chi connectivity index (χ3v) is 3.56. The Morgan fingerprint density at radius 3 is 2.43 bits per heavy atom. The number of ether oxygens (including phenoxy) is 4. The second-order valence-electron chi connectivity index (χ2n) is 5.06. The Kier molecular flexibility index (Phi) is 6.29. The van der Waals surface area contributed by atoms with Crippen molar-refractivity contribution < 1.29 is 18.9 Å². The Morgan fingerprint density at radius 1 is 1.19 bits per heavy atom. The van der Waals surface area contributed by atoms with Gasteiger partial charge in [0.2, 0.25) is 0 Å². The quantitative estimate of drug-likeness (QED) is 0.835. The first-order valence-electron chi connectivity index (χ1n) is 7.44. The van der Waals surface area contributed by atoms with E-state index in [0.717, 1.165) is 30.0 Å². The van der Waals surface area contributed by atoms with Crippen LogP contribution in [0.5, 0.6) is 11.5 Å². The summed E-state index contributed by atoms with van der Waals surface area (Å²) in [4.78, 5) is 0. The Labute approximate surface area is 126 Å². The minimum Gasteiger partial charge on any atom is -0.497 e. The number of benzene rings is 1. The Bertz CT molecular complexity index is 410. The van der Waals surface area contributed by atoms with E-state index < -0.39 is 0 Å². The lowest BCUT2D eigenvalue weighted by atomic mass is 10.00. The van der Waals surface area contributed by atoms with E-state index in [1.54, 1.807) is 14.2 Å². The van der Waals surface area contributed by atoms with Crippen molar-refractivity contribution in [2.45, 2.75) is 25.5 Å². The zero-order valence-electron chi connectivity index (χ0n) is 13.1. The predicted octanol–water partition coefficient (Wildman–Crippen LogP) is 2.16. The molecule has 1 aliphatic rings. The molecule has 0 aliphatic carbocycles. The van der Waals surface area contributed by atoms with Crippen LogP contribution >= 0.6 is 0 Å². The predicted molar refractivity (Wildman–Crippen MR) is 81.1 cm³/mol. The number of hydrogen-bond donors (Lipinski definition) is 1. The molecule has 5 nitrogen and oxygen atoms in total. The summed E-state index contributed by atoms with van der Waals surface area (Å²) in [5, 5.41) is 3.54. The van der Waals surface area contributed by atoms with Crippen molar-refractivity contribution in [3.63, 3.8) is 0 Å². The van der Waals surface area contributed by atoms with Gasteiger partial charge in [-0.3, -0.25) is 0 Å². The molecule has 1 aromatic carbocycles. The molecule has 2 rings (SSSR count). The molecular weight excluding hydrogens is 270 g/mol. The van der Waals surface area contributed by atoms with E-state index in [-0.39, 0.29) is 12.1 Å². The normalized spacial score (nSPS) is 20.0. The van der Waals surface area contributed by atoms with Gasteiger partial charge in [-0.2, -0.15) is 0 Å². The smallest absolute Gasteiger partial charge is 0.122 e. The lowest BCUT2D eigenvalue weighted by Gasteiger charge is -2.31. The Morgan fingerprint density at radius 2 is 1.90 bits per heavy atom. The summed E-state index contributed by atoms with van der Waals surface area (Å²) in [7, 11) is 3.32. The number of rotatable bonds is 7. The fourth-order valence-corrected chi connectivity index (χ4v) is 2.47. The molecule has 0 saturated carbocycles. The molecule has 5 heteroatoms. The highest BCUT2D eigenvalue weighted by Gasteiger charge is 2.27. The molecule has 1 N–H and O–H groups in total. The average Bonchev–Trinajstić information content (AvgIpc) is 2.55. The first kappa shape index (κ1) is 16.1. The average molecular weight is 295 g/mol. The maximum Gasteiger partial charge on any atom is 0.122 e. The van der Waals surface area contributed by atoms with Gasteiger partial charge in [0, 0.05) is 6.07 Å². The second-order valence-corrected chi connectivity index (χ2v) is 5.06. The van der Waals surface area contributed by atoms with E-state index in [2.05, 4.69) is 12.2 Å². The SMILES string of the molecule is CCCNC(c1cc(OC)cc(OC)c1)C1COCCO1. The largest absolute Gasteiger partial charge is 0.497 e. The molecule has 1 saturated heterocycles. The van der Waals surface area contributed by atoms with Crippen molar-refractivity contribution in [3.05, 3.63) is 23.8 Å². The van der Waals surface area contributed by atoms with Crippen molar-refractivity contribution in [2.75, 3.05) is 40.6 Å². The lowest BCUT2D eigenvalue weighted by Crippen LogP contribution is -2.40. The highest BCUT2D eigenvalue weighted by Crippen LogP contribution is 2.29. The molecule has 0 bridgehead atoms. The first-order chi connectivity index (χ1) is 10.3. The van der Waals surface area contributed by atoms with Crippen LogP contribution in [0.2, 0.25) is 0 Å². The van der Waals surface area contributed by atoms with Crippen LogP contribution in [-0.2, 0) is 9.47 Å². The number of hydrogen-bond acceptors (Lipinski definition) is 5. The van der Waals surface area contributed by atoms with Crippen LogP contribution in [0.3, 0.4) is 0 Å². The summed E-state index contributed by atoms with van der Waals surface area (Å²) in [6, 6.07) is 5.98. The maximum absolute atomic E-state index is 5.87. The lowest BCUT2D eigenvalue weighted by molar-refractivity contribution is -0.102. The van der Waals surface area contributed by atoms with Gasteiger partial charge in [-0.05, 0) is 30.7 Å². The van der Waals surface area contributed by atoms with E-state index in [1.165, 1.54) is 0 Å². The molecule has 1 aliphatic heterocycles. The molecule has 0 radical (unpaired) electrons.